The van der Waals surface area contributed by atoms with Crippen molar-refractivity contribution in [1.29, 1.82) is 0 Å². The highest BCUT2D eigenvalue weighted by atomic mass is 15.3. The van der Waals surface area contributed by atoms with Gasteiger partial charge in [0.1, 0.15) is 0 Å². The molecule has 0 radical (unpaired) electrons. The molecule has 0 saturated carbocycles. The molecule has 4 nitrogen and oxygen atoms in total. The number of nitrogens with one attached hydrogen (secondary N) is 1. The van der Waals surface area contributed by atoms with E-state index in [-0.39, 0.29) is 0 Å². The molecule has 2 aliphatic rings. The number of aliphatic imine (C=N–C) groups is 1. The Morgan fingerprint density at radius 2 is 2.20 bits per heavy atom. The SMILES string of the molecule is CN=C(NCC1CCN(C)C1)N1CCc2ccccc21. The molecule has 0 amide bonds. The van der Waals surface area contributed by atoms with Crippen molar-refractivity contribution in [2.75, 3.05) is 45.2 Å². The van der Waals surface area contributed by atoms with Gasteiger partial charge in [0.05, 0.1) is 0 Å². The van der Waals surface area contributed by atoms with Crippen molar-refractivity contribution >= 4 is 11.6 Å². The Hall–Kier alpha value is -1.55. The first kappa shape index (κ1) is 13.4. The van der Waals surface area contributed by atoms with Crippen molar-refractivity contribution in [2.24, 2.45) is 10.9 Å². The van der Waals surface area contributed by atoms with Gasteiger partial charge in [-0.15, -0.1) is 0 Å². The summed E-state index contributed by atoms with van der Waals surface area (Å²) in [5, 5.41) is 3.56. The van der Waals surface area contributed by atoms with Crippen molar-refractivity contribution in [3.63, 3.8) is 0 Å². The molecule has 1 fully saturated rings. The fraction of sp³-hybridized carbons (Fsp3) is 0.562. The Bertz CT molecular complexity index is 497. The number of likely N-dealkylation sites (tertiary alicyclic amines) is 1. The van der Waals surface area contributed by atoms with E-state index in [1.807, 2.05) is 7.05 Å². The van der Waals surface area contributed by atoms with Gasteiger partial charge < -0.3 is 15.1 Å². The van der Waals surface area contributed by atoms with Crippen LogP contribution in [0.1, 0.15) is 12.0 Å². The standard InChI is InChI=1S/C16H24N4/c1-17-16(18-11-13-7-9-19(2)12-13)20-10-8-14-5-3-4-6-15(14)20/h3-6,13H,7-12H2,1-2H3,(H,17,18). The second-order valence-corrected chi connectivity index (χ2v) is 5.88. The van der Waals surface area contributed by atoms with Crippen LogP contribution in [-0.4, -0.2) is 51.1 Å². The summed E-state index contributed by atoms with van der Waals surface area (Å²) in [5.74, 6) is 1.76. The van der Waals surface area contributed by atoms with Gasteiger partial charge in [0, 0.05) is 32.4 Å². The Kier molecular flexibility index (Phi) is 3.92. The maximum atomic E-state index is 4.47. The Labute approximate surface area is 121 Å². The van der Waals surface area contributed by atoms with Gasteiger partial charge in [0.2, 0.25) is 0 Å². The maximum Gasteiger partial charge on any atom is 0.198 e. The minimum Gasteiger partial charge on any atom is -0.356 e. The van der Waals surface area contributed by atoms with Crippen molar-refractivity contribution in [2.45, 2.75) is 12.8 Å². The number of hydrogen-bond donors (Lipinski definition) is 1. The highest BCUT2D eigenvalue weighted by Crippen LogP contribution is 2.27. The van der Waals surface area contributed by atoms with E-state index in [0.717, 1.165) is 31.4 Å². The molecule has 1 unspecified atom stereocenters. The molecule has 20 heavy (non-hydrogen) atoms. The maximum absolute atomic E-state index is 4.47. The summed E-state index contributed by atoms with van der Waals surface area (Å²) in [7, 11) is 4.08. The van der Waals surface area contributed by atoms with Crippen LogP contribution in [0.25, 0.3) is 0 Å². The topological polar surface area (TPSA) is 30.9 Å². The van der Waals surface area contributed by atoms with Crippen LogP contribution in [0, 0.1) is 5.92 Å². The molecular weight excluding hydrogens is 248 g/mol. The fourth-order valence-corrected chi connectivity index (χ4v) is 3.28. The predicted octanol–water partition coefficient (Wildman–Crippen LogP) is 1.58. The van der Waals surface area contributed by atoms with E-state index in [4.69, 9.17) is 0 Å². The first-order valence-corrected chi connectivity index (χ1v) is 7.52. The first-order valence-electron chi connectivity index (χ1n) is 7.52. The molecule has 4 heteroatoms. The van der Waals surface area contributed by atoms with Crippen LogP contribution in [0.5, 0.6) is 0 Å². The number of guanidine groups is 1. The third-order valence-corrected chi connectivity index (χ3v) is 4.39. The molecule has 1 N–H and O–H groups in total. The number of nitrogens with zero attached hydrogens (tertiary/aromatic N) is 3. The van der Waals surface area contributed by atoms with E-state index in [2.05, 4.69) is 51.4 Å². The summed E-state index contributed by atoms with van der Waals surface area (Å²) < 4.78 is 0. The minimum absolute atomic E-state index is 0.745. The number of hydrogen-bond acceptors (Lipinski definition) is 2. The van der Waals surface area contributed by atoms with Crippen molar-refractivity contribution < 1.29 is 0 Å². The molecule has 1 aromatic carbocycles. The van der Waals surface area contributed by atoms with Crippen molar-refractivity contribution in [1.82, 2.24) is 10.2 Å². The van der Waals surface area contributed by atoms with E-state index in [1.54, 1.807) is 0 Å². The Balaban J connectivity index is 1.63. The molecule has 2 aliphatic heterocycles. The molecule has 0 aromatic heterocycles. The summed E-state index contributed by atoms with van der Waals surface area (Å²) in [6.07, 6.45) is 2.40. The lowest BCUT2D eigenvalue weighted by Gasteiger charge is -2.23. The number of anilines is 1. The molecular formula is C16H24N4. The van der Waals surface area contributed by atoms with Gasteiger partial charge in [-0.05, 0) is 44.0 Å². The number of fused-ring (bicyclic) bond motifs is 1. The second kappa shape index (κ2) is 5.83. The highest BCUT2D eigenvalue weighted by molar-refractivity contribution is 5.97. The third-order valence-electron chi connectivity index (χ3n) is 4.39. The highest BCUT2D eigenvalue weighted by Gasteiger charge is 2.24. The second-order valence-electron chi connectivity index (χ2n) is 5.88. The molecule has 1 atom stereocenters. The van der Waals surface area contributed by atoms with Crippen LogP contribution in [0.3, 0.4) is 0 Å². The number of rotatable bonds is 2. The normalized spacial score (nSPS) is 23.2. The number of benzene rings is 1. The van der Waals surface area contributed by atoms with E-state index in [0.29, 0.717) is 0 Å². The van der Waals surface area contributed by atoms with Crippen LogP contribution in [0.15, 0.2) is 29.3 Å². The van der Waals surface area contributed by atoms with Crippen molar-refractivity contribution in [3.05, 3.63) is 29.8 Å². The van der Waals surface area contributed by atoms with Crippen molar-refractivity contribution in [3.8, 4) is 0 Å². The lowest BCUT2D eigenvalue weighted by atomic mass is 10.1. The van der Waals surface area contributed by atoms with Gasteiger partial charge in [0.15, 0.2) is 5.96 Å². The molecule has 1 aromatic rings. The zero-order valence-corrected chi connectivity index (χ0v) is 12.5. The van der Waals surface area contributed by atoms with E-state index in [1.165, 1.54) is 30.8 Å². The third kappa shape index (κ3) is 2.66. The van der Waals surface area contributed by atoms with Gasteiger partial charge in [-0.1, -0.05) is 18.2 Å². The summed E-state index contributed by atoms with van der Waals surface area (Å²) in [4.78, 5) is 9.18. The lowest BCUT2D eigenvalue weighted by molar-refractivity contribution is 0.394. The van der Waals surface area contributed by atoms with E-state index >= 15 is 0 Å². The Morgan fingerprint density at radius 1 is 1.35 bits per heavy atom. The van der Waals surface area contributed by atoms with Crippen LogP contribution in [0.4, 0.5) is 5.69 Å². The van der Waals surface area contributed by atoms with Crippen LogP contribution < -0.4 is 10.2 Å². The molecule has 2 heterocycles. The van der Waals surface area contributed by atoms with Gasteiger partial charge in [-0.25, -0.2) is 0 Å². The lowest BCUT2D eigenvalue weighted by Crippen LogP contribution is -2.42. The summed E-state index contributed by atoms with van der Waals surface area (Å²) in [6.45, 7) is 4.47. The molecule has 0 aliphatic carbocycles. The van der Waals surface area contributed by atoms with Crippen LogP contribution >= 0.6 is 0 Å². The monoisotopic (exact) mass is 272 g/mol. The predicted molar refractivity (Wildman–Crippen MR) is 84.5 cm³/mol. The zero-order valence-electron chi connectivity index (χ0n) is 12.5. The summed E-state index contributed by atoms with van der Waals surface area (Å²) >= 11 is 0. The van der Waals surface area contributed by atoms with Gasteiger partial charge in [-0.2, -0.15) is 0 Å². The minimum atomic E-state index is 0.745. The zero-order chi connectivity index (χ0) is 13.9. The van der Waals surface area contributed by atoms with Gasteiger partial charge in [0.25, 0.3) is 0 Å². The summed E-state index contributed by atoms with van der Waals surface area (Å²) in [6, 6.07) is 8.64. The van der Waals surface area contributed by atoms with Crippen LogP contribution in [-0.2, 0) is 6.42 Å². The first-order chi connectivity index (χ1) is 9.78. The molecule has 108 valence electrons. The fourth-order valence-electron chi connectivity index (χ4n) is 3.28. The Morgan fingerprint density at radius 3 is 2.95 bits per heavy atom. The smallest absolute Gasteiger partial charge is 0.198 e. The van der Waals surface area contributed by atoms with E-state index in [9.17, 15) is 0 Å². The molecule has 1 saturated heterocycles. The quantitative estimate of drug-likeness (QED) is 0.655. The van der Waals surface area contributed by atoms with Crippen LogP contribution in [0.2, 0.25) is 0 Å². The average Bonchev–Trinajstić information content (AvgIpc) is 3.07. The van der Waals surface area contributed by atoms with Gasteiger partial charge in [-0.3, -0.25) is 4.99 Å². The molecule has 0 bridgehead atoms. The largest absolute Gasteiger partial charge is 0.356 e. The van der Waals surface area contributed by atoms with Gasteiger partial charge >= 0.3 is 0 Å². The average molecular weight is 272 g/mol. The van der Waals surface area contributed by atoms with E-state index < -0.39 is 0 Å². The summed E-state index contributed by atoms with van der Waals surface area (Å²) in [5.41, 5.74) is 2.74. The number of para-hydroxylation sites is 1. The molecule has 3 rings (SSSR count). The molecule has 0 spiro atoms.